The first kappa shape index (κ1) is 17.2. The summed E-state index contributed by atoms with van der Waals surface area (Å²) < 4.78 is 0. The van der Waals surface area contributed by atoms with E-state index in [-0.39, 0.29) is 11.4 Å². The molecule has 0 bridgehead atoms. The zero-order valence-electron chi connectivity index (χ0n) is 15.5. The molecule has 2 saturated heterocycles. The highest BCUT2D eigenvalue weighted by molar-refractivity contribution is 5.78. The van der Waals surface area contributed by atoms with E-state index in [9.17, 15) is 4.79 Å². The molecular weight excluding hydrogens is 322 g/mol. The van der Waals surface area contributed by atoms with Crippen molar-refractivity contribution in [3.8, 4) is 0 Å². The van der Waals surface area contributed by atoms with E-state index < -0.39 is 0 Å². The second kappa shape index (κ2) is 7.20. The van der Waals surface area contributed by atoms with Crippen LogP contribution in [0.4, 0.5) is 0 Å². The van der Waals surface area contributed by atoms with E-state index in [0.29, 0.717) is 12.3 Å². The van der Waals surface area contributed by atoms with E-state index in [1.54, 1.807) is 12.4 Å². The molecule has 26 heavy (non-hydrogen) atoms. The van der Waals surface area contributed by atoms with E-state index in [4.69, 9.17) is 0 Å². The Bertz CT molecular complexity index is 738. The summed E-state index contributed by atoms with van der Waals surface area (Å²) in [5.41, 5.74) is 2.76. The molecule has 1 aromatic heterocycles. The van der Waals surface area contributed by atoms with Gasteiger partial charge in [0.1, 0.15) is 0 Å². The average Bonchev–Trinajstić information content (AvgIpc) is 3.00. The first-order valence-corrected chi connectivity index (χ1v) is 9.59. The molecular formula is C22H27N3O. The zero-order valence-corrected chi connectivity index (χ0v) is 15.5. The lowest BCUT2D eigenvalue weighted by molar-refractivity contribution is -0.132. The number of rotatable bonds is 3. The quantitative estimate of drug-likeness (QED) is 0.854. The standard InChI is InChI=1S/C22H27N3O/c1-24-17-20(19-5-3-2-4-6-19)16-22(24)9-13-25(14-10-22)21(26)15-18-7-11-23-12-8-18/h2-8,11-12,20H,9-10,13-17H2,1H3/t20-/m0/s1. The summed E-state index contributed by atoms with van der Waals surface area (Å²) in [6, 6.07) is 14.7. The zero-order chi connectivity index (χ0) is 18.0. The van der Waals surface area contributed by atoms with Crippen molar-refractivity contribution in [1.82, 2.24) is 14.8 Å². The fourth-order valence-electron chi connectivity index (χ4n) is 4.70. The molecule has 2 aliphatic heterocycles. The van der Waals surface area contributed by atoms with Gasteiger partial charge in [0.25, 0.3) is 0 Å². The highest BCUT2D eigenvalue weighted by atomic mass is 16.2. The van der Waals surface area contributed by atoms with E-state index in [1.165, 1.54) is 12.0 Å². The van der Waals surface area contributed by atoms with Crippen LogP contribution in [-0.4, -0.2) is 52.9 Å². The number of piperidine rings is 1. The summed E-state index contributed by atoms with van der Waals surface area (Å²) in [5, 5.41) is 0. The van der Waals surface area contributed by atoms with Gasteiger partial charge in [0.2, 0.25) is 5.91 Å². The Kier molecular flexibility index (Phi) is 4.77. The van der Waals surface area contributed by atoms with Gasteiger partial charge >= 0.3 is 0 Å². The molecule has 0 N–H and O–H groups in total. The van der Waals surface area contributed by atoms with Crippen LogP contribution in [0.5, 0.6) is 0 Å². The molecule has 0 radical (unpaired) electrons. The van der Waals surface area contributed by atoms with Crippen molar-refractivity contribution in [2.24, 2.45) is 0 Å². The van der Waals surface area contributed by atoms with Crippen molar-refractivity contribution in [2.45, 2.75) is 37.1 Å². The molecule has 136 valence electrons. The SMILES string of the molecule is CN1C[C@@H](c2ccccc2)CC12CCN(C(=O)Cc1ccncc1)CC2. The molecule has 0 unspecified atom stereocenters. The molecule has 3 heterocycles. The lowest BCUT2D eigenvalue weighted by Crippen LogP contribution is -2.52. The first-order chi connectivity index (χ1) is 12.7. The molecule has 4 heteroatoms. The topological polar surface area (TPSA) is 36.4 Å². The minimum Gasteiger partial charge on any atom is -0.342 e. The molecule has 1 spiro atoms. The fraction of sp³-hybridized carbons (Fsp3) is 0.455. The Morgan fingerprint density at radius 3 is 2.50 bits per heavy atom. The van der Waals surface area contributed by atoms with Crippen molar-refractivity contribution < 1.29 is 4.79 Å². The van der Waals surface area contributed by atoms with Crippen LogP contribution >= 0.6 is 0 Å². The molecule has 2 aliphatic rings. The third kappa shape index (κ3) is 3.38. The van der Waals surface area contributed by atoms with E-state index in [1.807, 2.05) is 12.1 Å². The predicted molar refractivity (Wildman–Crippen MR) is 103 cm³/mol. The highest BCUT2D eigenvalue weighted by Gasteiger charge is 2.46. The molecule has 1 amide bonds. The molecule has 0 saturated carbocycles. The summed E-state index contributed by atoms with van der Waals surface area (Å²) in [7, 11) is 2.26. The summed E-state index contributed by atoms with van der Waals surface area (Å²) in [4.78, 5) is 21.3. The average molecular weight is 349 g/mol. The Labute approximate surface area is 155 Å². The summed E-state index contributed by atoms with van der Waals surface area (Å²) in [6.45, 7) is 2.86. The highest BCUT2D eigenvalue weighted by Crippen LogP contribution is 2.43. The van der Waals surface area contributed by atoms with Crippen LogP contribution in [0.1, 0.15) is 36.3 Å². The van der Waals surface area contributed by atoms with Crippen molar-refractivity contribution in [3.05, 3.63) is 66.0 Å². The maximum Gasteiger partial charge on any atom is 0.226 e. The number of likely N-dealkylation sites (N-methyl/N-ethyl adjacent to an activating group) is 1. The Morgan fingerprint density at radius 2 is 1.81 bits per heavy atom. The van der Waals surface area contributed by atoms with Gasteiger partial charge in [-0.2, -0.15) is 0 Å². The molecule has 2 aromatic rings. The van der Waals surface area contributed by atoms with E-state index >= 15 is 0 Å². The van der Waals surface area contributed by atoms with Gasteiger partial charge in [-0.05, 0) is 55.5 Å². The van der Waals surface area contributed by atoms with E-state index in [0.717, 1.165) is 38.0 Å². The third-order valence-electron chi connectivity index (χ3n) is 6.35. The Balaban J connectivity index is 1.37. The minimum absolute atomic E-state index is 0.242. The minimum atomic E-state index is 0.242. The van der Waals surface area contributed by atoms with E-state index in [2.05, 4.69) is 52.2 Å². The van der Waals surface area contributed by atoms with Crippen molar-refractivity contribution in [2.75, 3.05) is 26.7 Å². The predicted octanol–water partition coefficient (Wildman–Crippen LogP) is 3.10. The summed E-state index contributed by atoms with van der Waals surface area (Å²) in [5.74, 6) is 0.853. The maximum absolute atomic E-state index is 12.6. The number of carbonyl (C=O) groups excluding carboxylic acids is 1. The summed E-state index contributed by atoms with van der Waals surface area (Å²) >= 11 is 0. The molecule has 2 fully saturated rings. The molecule has 0 aliphatic carbocycles. The van der Waals surface area contributed by atoms with Gasteiger partial charge in [-0.15, -0.1) is 0 Å². The van der Waals surface area contributed by atoms with Crippen LogP contribution in [-0.2, 0) is 11.2 Å². The normalized spacial score (nSPS) is 22.7. The maximum atomic E-state index is 12.6. The first-order valence-electron chi connectivity index (χ1n) is 9.59. The smallest absolute Gasteiger partial charge is 0.226 e. The Morgan fingerprint density at radius 1 is 1.12 bits per heavy atom. The lowest BCUT2D eigenvalue weighted by atomic mass is 9.81. The number of hydrogen-bond acceptors (Lipinski definition) is 3. The number of aromatic nitrogens is 1. The molecule has 1 aromatic carbocycles. The fourth-order valence-corrected chi connectivity index (χ4v) is 4.70. The van der Waals surface area contributed by atoms with Gasteiger partial charge in [-0.25, -0.2) is 0 Å². The second-order valence-electron chi connectivity index (χ2n) is 7.83. The van der Waals surface area contributed by atoms with Crippen molar-refractivity contribution in [1.29, 1.82) is 0 Å². The third-order valence-corrected chi connectivity index (χ3v) is 6.35. The van der Waals surface area contributed by atoms with Crippen LogP contribution in [0.2, 0.25) is 0 Å². The van der Waals surface area contributed by atoms with Crippen molar-refractivity contribution >= 4 is 5.91 Å². The second-order valence-corrected chi connectivity index (χ2v) is 7.83. The van der Waals surface area contributed by atoms with Crippen molar-refractivity contribution in [3.63, 3.8) is 0 Å². The summed E-state index contributed by atoms with van der Waals surface area (Å²) in [6.07, 6.45) is 7.36. The van der Waals surface area contributed by atoms with Gasteiger partial charge < -0.3 is 4.90 Å². The number of hydrogen-bond donors (Lipinski definition) is 0. The molecule has 4 rings (SSSR count). The largest absolute Gasteiger partial charge is 0.342 e. The number of likely N-dealkylation sites (tertiary alicyclic amines) is 2. The monoisotopic (exact) mass is 349 g/mol. The number of amides is 1. The van der Waals surface area contributed by atoms with Gasteiger partial charge in [-0.1, -0.05) is 30.3 Å². The van der Waals surface area contributed by atoms with Crippen LogP contribution < -0.4 is 0 Å². The van der Waals surface area contributed by atoms with Gasteiger partial charge in [0, 0.05) is 37.6 Å². The number of nitrogens with zero attached hydrogens (tertiary/aromatic N) is 3. The van der Waals surface area contributed by atoms with Gasteiger partial charge in [-0.3, -0.25) is 14.7 Å². The van der Waals surface area contributed by atoms with Gasteiger partial charge in [0.05, 0.1) is 6.42 Å². The van der Waals surface area contributed by atoms with Crippen LogP contribution in [0, 0.1) is 0 Å². The molecule has 1 atom stereocenters. The Hall–Kier alpha value is -2.20. The van der Waals surface area contributed by atoms with Crippen LogP contribution in [0.25, 0.3) is 0 Å². The lowest BCUT2D eigenvalue weighted by Gasteiger charge is -2.43. The van der Waals surface area contributed by atoms with Crippen LogP contribution in [0.3, 0.4) is 0 Å². The number of benzene rings is 1. The number of carbonyl (C=O) groups is 1. The van der Waals surface area contributed by atoms with Crippen LogP contribution in [0.15, 0.2) is 54.9 Å². The number of pyridine rings is 1. The molecule has 4 nitrogen and oxygen atoms in total. The van der Waals surface area contributed by atoms with Gasteiger partial charge in [0.15, 0.2) is 0 Å².